The molecule has 1 aliphatic heterocycles. The molecule has 0 saturated carbocycles. The van der Waals surface area contributed by atoms with Crippen molar-refractivity contribution in [2.24, 2.45) is 10.7 Å². The van der Waals surface area contributed by atoms with E-state index in [1.165, 1.54) is 0 Å². The lowest BCUT2D eigenvalue weighted by Gasteiger charge is -2.35. The van der Waals surface area contributed by atoms with Gasteiger partial charge in [-0.05, 0) is 55.0 Å². The molecule has 0 aliphatic carbocycles. The Hall–Kier alpha value is -2.60. The zero-order valence-electron chi connectivity index (χ0n) is 14.0. The first-order valence-corrected chi connectivity index (χ1v) is 8.32. The third kappa shape index (κ3) is 3.74. The second-order valence-electron chi connectivity index (χ2n) is 6.41. The van der Waals surface area contributed by atoms with Gasteiger partial charge in [-0.15, -0.1) is 0 Å². The minimum atomic E-state index is -0.550. The SMILES string of the molecule is [B]C1(c2ccc(N=Cc3cccc(C(N)=O)c3N)cc2)CCCNC1. The molecule has 1 saturated heterocycles. The molecule has 3 rings (SSSR count). The molecule has 2 radical (unpaired) electrons. The summed E-state index contributed by atoms with van der Waals surface area (Å²) in [6, 6.07) is 13.0. The Bertz CT molecular complexity index is 796. The molecule has 1 aliphatic rings. The summed E-state index contributed by atoms with van der Waals surface area (Å²) >= 11 is 0. The Balaban J connectivity index is 1.79. The minimum Gasteiger partial charge on any atom is -0.398 e. The van der Waals surface area contributed by atoms with Crippen LogP contribution in [-0.2, 0) is 5.31 Å². The van der Waals surface area contributed by atoms with Gasteiger partial charge in [-0.1, -0.05) is 24.3 Å². The Morgan fingerprint density at radius 2 is 2.00 bits per heavy atom. The molecular weight excluding hydrogens is 311 g/mol. The highest BCUT2D eigenvalue weighted by Crippen LogP contribution is 2.29. The van der Waals surface area contributed by atoms with Gasteiger partial charge in [0.15, 0.2) is 0 Å². The molecule has 1 unspecified atom stereocenters. The molecular formula is C19H21BN4O. The summed E-state index contributed by atoms with van der Waals surface area (Å²) in [6.07, 6.45) is 3.68. The fraction of sp³-hybridized carbons (Fsp3) is 0.263. The van der Waals surface area contributed by atoms with Crippen molar-refractivity contribution in [3.05, 3.63) is 59.2 Å². The van der Waals surface area contributed by atoms with Crippen molar-refractivity contribution < 1.29 is 4.79 Å². The van der Waals surface area contributed by atoms with E-state index in [-0.39, 0.29) is 5.31 Å². The highest BCUT2D eigenvalue weighted by molar-refractivity contribution is 6.16. The van der Waals surface area contributed by atoms with E-state index < -0.39 is 5.91 Å². The third-order valence-electron chi connectivity index (χ3n) is 4.62. The van der Waals surface area contributed by atoms with Crippen LogP contribution < -0.4 is 16.8 Å². The first-order chi connectivity index (χ1) is 12.0. The van der Waals surface area contributed by atoms with Gasteiger partial charge in [0.25, 0.3) is 5.91 Å². The number of nitrogen functional groups attached to an aromatic ring is 1. The average molecular weight is 332 g/mol. The maximum atomic E-state index is 11.3. The smallest absolute Gasteiger partial charge is 0.250 e. The number of aliphatic imine (C=N–C) groups is 1. The highest BCUT2D eigenvalue weighted by Gasteiger charge is 2.27. The van der Waals surface area contributed by atoms with Crippen molar-refractivity contribution in [3.63, 3.8) is 0 Å². The first-order valence-electron chi connectivity index (χ1n) is 8.32. The minimum absolute atomic E-state index is 0.300. The van der Waals surface area contributed by atoms with Crippen molar-refractivity contribution in [1.29, 1.82) is 0 Å². The van der Waals surface area contributed by atoms with Crippen LogP contribution in [0.3, 0.4) is 0 Å². The van der Waals surface area contributed by atoms with Crippen molar-refractivity contribution in [1.82, 2.24) is 5.32 Å². The Labute approximate surface area is 148 Å². The second kappa shape index (κ2) is 7.11. The topological polar surface area (TPSA) is 93.5 Å². The zero-order valence-corrected chi connectivity index (χ0v) is 14.0. The van der Waals surface area contributed by atoms with Gasteiger partial charge in [-0.3, -0.25) is 9.79 Å². The van der Waals surface area contributed by atoms with Gasteiger partial charge >= 0.3 is 0 Å². The van der Waals surface area contributed by atoms with E-state index in [9.17, 15) is 4.79 Å². The van der Waals surface area contributed by atoms with Crippen LogP contribution in [0.4, 0.5) is 11.4 Å². The lowest BCUT2D eigenvalue weighted by atomic mass is 9.60. The fourth-order valence-electron chi connectivity index (χ4n) is 3.11. The van der Waals surface area contributed by atoms with Gasteiger partial charge in [0.2, 0.25) is 0 Å². The van der Waals surface area contributed by atoms with Gasteiger partial charge in [0.05, 0.1) is 24.8 Å². The first kappa shape index (κ1) is 17.2. The molecule has 0 bridgehead atoms. The molecule has 6 heteroatoms. The van der Waals surface area contributed by atoms with Crippen LogP contribution in [0.25, 0.3) is 0 Å². The molecule has 1 atom stereocenters. The Morgan fingerprint density at radius 3 is 2.64 bits per heavy atom. The summed E-state index contributed by atoms with van der Waals surface area (Å²) in [5.74, 6) is -0.550. The number of nitrogens with zero attached hydrogens (tertiary/aromatic N) is 1. The second-order valence-corrected chi connectivity index (χ2v) is 6.41. The number of rotatable bonds is 4. The summed E-state index contributed by atoms with van der Waals surface area (Å²) < 4.78 is 0. The number of para-hydroxylation sites is 1. The number of hydrogen-bond donors (Lipinski definition) is 3. The van der Waals surface area contributed by atoms with Crippen LogP contribution in [0.2, 0.25) is 0 Å². The quantitative estimate of drug-likeness (QED) is 0.453. The van der Waals surface area contributed by atoms with Crippen LogP contribution in [-0.4, -0.2) is 33.1 Å². The lowest BCUT2D eigenvalue weighted by molar-refractivity contribution is 0.100. The number of carbonyl (C=O) groups is 1. The summed E-state index contributed by atoms with van der Waals surface area (Å²) in [5.41, 5.74) is 14.5. The lowest BCUT2D eigenvalue weighted by Crippen LogP contribution is -2.43. The van der Waals surface area contributed by atoms with Crippen LogP contribution in [0.15, 0.2) is 47.5 Å². The Morgan fingerprint density at radius 1 is 1.24 bits per heavy atom. The zero-order chi connectivity index (χ0) is 17.9. The summed E-state index contributed by atoms with van der Waals surface area (Å²) in [7, 11) is 6.50. The highest BCUT2D eigenvalue weighted by atomic mass is 16.1. The monoisotopic (exact) mass is 332 g/mol. The van der Waals surface area contributed by atoms with Crippen LogP contribution in [0.1, 0.15) is 34.3 Å². The average Bonchev–Trinajstić information content (AvgIpc) is 2.61. The van der Waals surface area contributed by atoms with E-state index in [0.29, 0.717) is 16.8 Å². The summed E-state index contributed by atoms with van der Waals surface area (Å²) in [4.78, 5) is 15.8. The maximum absolute atomic E-state index is 11.3. The van der Waals surface area contributed by atoms with E-state index in [4.69, 9.17) is 19.3 Å². The van der Waals surface area contributed by atoms with Crippen molar-refractivity contribution in [2.45, 2.75) is 18.2 Å². The number of benzene rings is 2. The van der Waals surface area contributed by atoms with E-state index in [1.54, 1.807) is 24.4 Å². The fourth-order valence-corrected chi connectivity index (χ4v) is 3.11. The molecule has 1 heterocycles. The molecule has 1 fully saturated rings. The summed E-state index contributed by atoms with van der Waals surface area (Å²) in [6.45, 7) is 1.80. The van der Waals surface area contributed by atoms with E-state index >= 15 is 0 Å². The molecule has 1 amide bonds. The number of piperidine rings is 1. The molecule has 2 aromatic carbocycles. The molecule has 126 valence electrons. The van der Waals surface area contributed by atoms with Gasteiger partial charge in [0.1, 0.15) is 0 Å². The van der Waals surface area contributed by atoms with Gasteiger partial charge in [-0.25, -0.2) is 0 Å². The number of nitrogens with one attached hydrogen (secondary N) is 1. The van der Waals surface area contributed by atoms with E-state index in [0.717, 1.165) is 37.2 Å². The number of primary amides is 1. The predicted molar refractivity (Wildman–Crippen MR) is 103 cm³/mol. The molecule has 25 heavy (non-hydrogen) atoms. The number of anilines is 1. The standard InChI is InChI=1S/C19H21BN4O/c20-19(9-2-10-23-12-19)14-5-7-15(8-6-14)24-11-13-3-1-4-16(17(13)21)18(22)25/h1,3-8,11,23H,2,9-10,12,21H2,(H2,22,25). The van der Waals surface area contributed by atoms with Gasteiger partial charge in [0, 0.05) is 11.8 Å². The largest absolute Gasteiger partial charge is 0.398 e. The molecule has 0 spiro atoms. The number of nitrogens with two attached hydrogens (primary N) is 2. The van der Waals surface area contributed by atoms with E-state index in [2.05, 4.69) is 10.3 Å². The van der Waals surface area contributed by atoms with Gasteiger partial charge in [-0.2, -0.15) is 0 Å². The molecule has 2 aromatic rings. The number of amides is 1. The van der Waals surface area contributed by atoms with Crippen molar-refractivity contribution >= 4 is 31.3 Å². The predicted octanol–water partition coefficient (Wildman–Crippen LogP) is 1.87. The van der Waals surface area contributed by atoms with E-state index in [1.807, 2.05) is 24.3 Å². The number of carbonyl (C=O) groups excluding carboxylic acids is 1. The molecule has 0 aromatic heterocycles. The van der Waals surface area contributed by atoms with Gasteiger partial charge < -0.3 is 16.8 Å². The van der Waals surface area contributed by atoms with Crippen molar-refractivity contribution in [2.75, 3.05) is 18.8 Å². The van der Waals surface area contributed by atoms with Crippen molar-refractivity contribution in [3.8, 4) is 0 Å². The van der Waals surface area contributed by atoms with Crippen LogP contribution in [0, 0.1) is 0 Å². The molecule has 5 N–H and O–H groups in total. The third-order valence-corrected chi connectivity index (χ3v) is 4.62. The van der Waals surface area contributed by atoms with Crippen LogP contribution in [0.5, 0.6) is 0 Å². The van der Waals surface area contributed by atoms with Crippen LogP contribution >= 0.6 is 0 Å². The normalized spacial score (nSPS) is 20.6. The number of hydrogen-bond acceptors (Lipinski definition) is 4. The summed E-state index contributed by atoms with van der Waals surface area (Å²) in [5, 5.41) is 3.03. The molecule has 5 nitrogen and oxygen atoms in total. The Kier molecular flexibility index (Phi) is 4.90. The maximum Gasteiger partial charge on any atom is 0.250 e.